The highest BCUT2D eigenvalue weighted by molar-refractivity contribution is 5.46. The van der Waals surface area contributed by atoms with Gasteiger partial charge in [-0.05, 0) is 25.5 Å². The van der Waals surface area contributed by atoms with E-state index in [0.29, 0.717) is 35.1 Å². The Kier molecular flexibility index (Phi) is 3.64. The van der Waals surface area contributed by atoms with E-state index in [1.807, 2.05) is 6.92 Å². The lowest BCUT2D eigenvalue weighted by Gasteiger charge is -2.11. The molecule has 1 aromatic heterocycles. The zero-order chi connectivity index (χ0) is 14.0. The van der Waals surface area contributed by atoms with Gasteiger partial charge in [-0.2, -0.15) is 4.98 Å². The molecular weight excluding hydrogens is 245 g/mol. The number of nitrogens with two attached hydrogens (primary N) is 1. The van der Waals surface area contributed by atoms with Gasteiger partial charge in [-0.25, -0.2) is 9.37 Å². The summed E-state index contributed by atoms with van der Waals surface area (Å²) in [4.78, 5) is 8.36. The van der Waals surface area contributed by atoms with E-state index in [2.05, 4.69) is 9.97 Å². The average molecular weight is 261 g/mol. The van der Waals surface area contributed by atoms with Crippen LogP contribution in [0.4, 0.5) is 10.2 Å². The lowest BCUT2D eigenvalue weighted by atomic mass is 10.2. The Labute approximate surface area is 111 Å². The molecule has 0 bridgehead atoms. The quantitative estimate of drug-likeness (QED) is 0.921. The fraction of sp³-hybridized carbons (Fsp3) is 0.286. The van der Waals surface area contributed by atoms with Crippen molar-refractivity contribution in [2.75, 3.05) is 5.73 Å². The van der Waals surface area contributed by atoms with Crippen LogP contribution in [0.15, 0.2) is 18.2 Å². The summed E-state index contributed by atoms with van der Waals surface area (Å²) in [6, 6.07) is 4.97. The van der Waals surface area contributed by atoms with Crippen molar-refractivity contribution in [2.45, 2.75) is 27.2 Å². The standard InChI is InChI=1S/C14H16FN3O/c1-4-11-17-13(16)9(3)14(18-11)19-10-7-5-6-8(2)12(10)15/h5-7H,4H2,1-3H3,(H2,16,17,18). The number of aryl methyl sites for hydroxylation is 2. The van der Waals surface area contributed by atoms with E-state index in [9.17, 15) is 4.39 Å². The molecule has 1 heterocycles. The number of nitrogens with zero attached hydrogens (tertiary/aromatic N) is 2. The van der Waals surface area contributed by atoms with Gasteiger partial charge >= 0.3 is 0 Å². The van der Waals surface area contributed by atoms with Crippen LogP contribution in [0, 0.1) is 19.7 Å². The van der Waals surface area contributed by atoms with Crippen LogP contribution in [0.3, 0.4) is 0 Å². The number of anilines is 1. The minimum atomic E-state index is -0.392. The third-order valence-electron chi connectivity index (χ3n) is 2.86. The molecule has 2 N–H and O–H groups in total. The maximum absolute atomic E-state index is 13.9. The van der Waals surface area contributed by atoms with Crippen molar-refractivity contribution in [2.24, 2.45) is 0 Å². The highest BCUT2D eigenvalue weighted by atomic mass is 19.1. The summed E-state index contributed by atoms with van der Waals surface area (Å²) in [6.07, 6.45) is 0.636. The van der Waals surface area contributed by atoms with Gasteiger partial charge in [0.25, 0.3) is 0 Å². The van der Waals surface area contributed by atoms with Crippen molar-refractivity contribution in [3.8, 4) is 11.6 Å². The van der Waals surface area contributed by atoms with Crippen molar-refractivity contribution < 1.29 is 9.13 Å². The molecular formula is C14H16FN3O. The third-order valence-corrected chi connectivity index (χ3v) is 2.86. The number of nitrogen functional groups attached to an aromatic ring is 1. The molecule has 1 aromatic carbocycles. The first-order chi connectivity index (χ1) is 9.02. The van der Waals surface area contributed by atoms with Crippen LogP contribution in [0.2, 0.25) is 0 Å². The molecule has 2 rings (SSSR count). The second-order valence-electron chi connectivity index (χ2n) is 4.30. The number of aromatic nitrogens is 2. The predicted octanol–water partition coefficient (Wildman–Crippen LogP) is 3.17. The number of rotatable bonds is 3. The lowest BCUT2D eigenvalue weighted by Crippen LogP contribution is -2.05. The molecule has 0 unspecified atom stereocenters. The Morgan fingerprint density at radius 1 is 1.26 bits per heavy atom. The summed E-state index contributed by atoms with van der Waals surface area (Å²) < 4.78 is 19.4. The molecule has 0 aliphatic rings. The zero-order valence-corrected chi connectivity index (χ0v) is 11.2. The van der Waals surface area contributed by atoms with Crippen LogP contribution in [0.1, 0.15) is 23.9 Å². The van der Waals surface area contributed by atoms with Crippen LogP contribution < -0.4 is 10.5 Å². The van der Waals surface area contributed by atoms with Gasteiger partial charge < -0.3 is 10.5 Å². The molecule has 0 saturated carbocycles. The van der Waals surface area contributed by atoms with E-state index >= 15 is 0 Å². The first kappa shape index (κ1) is 13.3. The Bertz CT molecular complexity index is 614. The predicted molar refractivity (Wildman–Crippen MR) is 71.8 cm³/mol. The van der Waals surface area contributed by atoms with Gasteiger partial charge in [-0.3, -0.25) is 0 Å². The molecule has 5 heteroatoms. The number of halogens is 1. The molecule has 0 spiro atoms. The van der Waals surface area contributed by atoms with Crippen molar-refractivity contribution >= 4 is 5.82 Å². The van der Waals surface area contributed by atoms with E-state index in [-0.39, 0.29) is 5.75 Å². The fourth-order valence-corrected chi connectivity index (χ4v) is 1.62. The minimum Gasteiger partial charge on any atom is -0.435 e. The molecule has 0 radical (unpaired) electrons. The van der Waals surface area contributed by atoms with Gasteiger partial charge in [0.05, 0.1) is 5.56 Å². The molecule has 4 nitrogen and oxygen atoms in total. The number of benzene rings is 1. The average Bonchev–Trinajstić information content (AvgIpc) is 2.39. The second-order valence-corrected chi connectivity index (χ2v) is 4.30. The van der Waals surface area contributed by atoms with Crippen LogP contribution in [0.25, 0.3) is 0 Å². The number of hydrogen-bond donors (Lipinski definition) is 1. The minimum absolute atomic E-state index is 0.142. The van der Waals surface area contributed by atoms with E-state index in [0.717, 1.165) is 0 Å². The highest BCUT2D eigenvalue weighted by Gasteiger charge is 2.13. The normalized spacial score (nSPS) is 10.5. The number of ether oxygens (including phenoxy) is 1. The molecule has 100 valence electrons. The Hall–Kier alpha value is -2.17. The van der Waals surface area contributed by atoms with Crippen LogP contribution in [0.5, 0.6) is 11.6 Å². The largest absolute Gasteiger partial charge is 0.435 e. The van der Waals surface area contributed by atoms with Gasteiger partial charge in [0.15, 0.2) is 11.6 Å². The molecule has 19 heavy (non-hydrogen) atoms. The van der Waals surface area contributed by atoms with Gasteiger partial charge in [-0.15, -0.1) is 0 Å². The van der Waals surface area contributed by atoms with Crippen molar-refractivity contribution in [3.63, 3.8) is 0 Å². The summed E-state index contributed by atoms with van der Waals surface area (Å²) in [5.74, 6) is 0.982. The van der Waals surface area contributed by atoms with Gasteiger partial charge in [0.1, 0.15) is 11.6 Å². The lowest BCUT2D eigenvalue weighted by molar-refractivity contribution is 0.420. The van der Waals surface area contributed by atoms with Gasteiger partial charge in [0, 0.05) is 6.42 Å². The Balaban J connectivity index is 2.43. The molecule has 0 fully saturated rings. The molecule has 0 atom stereocenters. The first-order valence-corrected chi connectivity index (χ1v) is 6.09. The topological polar surface area (TPSA) is 61.0 Å². The monoisotopic (exact) mass is 261 g/mol. The van der Waals surface area contributed by atoms with Crippen LogP contribution in [-0.4, -0.2) is 9.97 Å². The maximum Gasteiger partial charge on any atom is 0.227 e. The Morgan fingerprint density at radius 3 is 2.68 bits per heavy atom. The summed E-state index contributed by atoms with van der Waals surface area (Å²) in [7, 11) is 0. The van der Waals surface area contributed by atoms with Crippen LogP contribution >= 0.6 is 0 Å². The van der Waals surface area contributed by atoms with Crippen LogP contribution in [-0.2, 0) is 6.42 Å². The van der Waals surface area contributed by atoms with E-state index in [1.165, 1.54) is 0 Å². The van der Waals surface area contributed by atoms with E-state index in [4.69, 9.17) is 10.5 Å². The van der Waals surface area contributed by atoms with Crippen molar-refractivity contribution in [3.05, 3.63) is 41.0 Å². The smallest absolute Gasteiger partial charge is 0.227 e. The van der Waals surface area contributed by atoms with Gasteiger partial charge in [0.2, 0.25) is 5.88 Å². The molecule has 0 aliphatic heterocycles. The summed E-state index contributed by atoms with van der Waals surface area (Å²) in [5, 5.41) is 0. The molecule has 0 saturated heterocycles. The van der Waals surface area contributed by atoms with Crippen molar-refractivity contribution in [1.29, 1.82) is 0 Å². The molecule has 0 aliphatic carbocycles. The summed E-state index contributed by atoms with van der Waals surface area (Å²) in [5.41, 5.74) is 6.92. The summed E-state index contributed by atoms with van der Waals surface area (Å²) in [6.45, 7) is 5.35. The first-order valence-electron chi connectivity index (χ1n) is 6.09. The van der Waals surface area contributed by atoms with E-state index < -0.39 is 5.82 Å². The second kappa shape index (κ2) is 5.22. The Morgan fingerprint density at radius 2 is 2.00 bits per heavy atom. The number of hydrogen-bond acceptors (Lipinski definition) is 4. The SMILES string of the molecule is CCc1nc(N)c(C)c(Oc2cccc(C)c2F)n1. The van der Waals surface area contributed by atoms with Gasteiger partial charge in [-0.1, -0.05) is 19.1 Å². The van der Waals surface area contributed by atoms with E-state index in [1.54, 1.807) is 32.0 Å². The zero-order valence-electron chi connectivity index (χ0n) is 11.2. The van der Waals surface area contributed by atoms with Crippen molar-refractivity contribution in [1.82, 2.24) is 9.97 Å². The molecule has 0 amide bonds. The third kappa shape index (κ3) is 2.65. The summed E-state index contributed by atoms with van der Waals surface area (Å²) >= 11 is 0. The molecule has 2 aromatic rings. The maximum atomic E-state index is 13.9. The highest BCUT2D eigenvalue weighted by Crippen LogP contribution is 2.28. The fourth-order valence-electron chi connectivity index (χ4n) is 1.62.